The summed E-state index contributed by atoms with van der Waals surface area (Å²) in [5.74, 6) is -0.0506. The Bertz CT molecular complexity index is 975. The van der Waals surface area contributed by atoms with Gasteiger partial charge in [-0.25, -0.2) is 4.79 Å². The van der Waals surface area contributed by atoms with E-state index in [1.807, 2.05) is 32.0 Å². The number of carbonyl (C=O) groups excluding carboxylic acids is 1. The molecule has 1 heterocycles. The Balaban J connectivity index is 1.81. The molecule has 0 amide bonds. The van der Waals surface area contributed by atoms with Crippen molar-refractivity contribution in [2.75, 3.05) is 6.61 Å². The summed E-state index contributed by atoms with van der Waals surface area (Å²) in [6, 6.07) is 14.4. The Kier molecular flexibility index (Phi) is 4.84. The zero-order valence-electron chi connectivity index (χ0n) is 14.2. The number of pyridine rings is 1. The fourth-order valence-corrected chi connectivity index (χ4v) is 2.60. The van der Waals surface area contributed by atoms with E-state index < -0.39 is 5.97 Å². The van der Waals surface area contributed by atoms with Crippen molar-refractivity contribution in [3.8, 4) is 5.75 Å². The smallest absolute Gasteiger partial charge is 0.342 e. The topological polar surface area (TPSA) is 68.4 Å². The quantitative estimate of drug-likeness (QED) is 0.722. The number of ether oxygens (including phenoxy) is 2. The number of hydrogen-bond acceptors (Lipinski definition) is 4. The lowest BCUT2D eigenvalue weighted by atomic mass is 10.1. The number of esters is 1. The van der Waals surface area contributed by atoms with Gasteiger partial charge in [0.15, 0.2) is 0 Å². The molecule has 0 radical (unpaired) electrons. The van der Waals surface area contributed by atoms with E-state index in [0.29, 0.717) is 23.5 Å². The third-order valence-electron chi connectivity index (χ3n) is 3.84. The van der Waals surface area contributed by atoms with Crippen LogP contribution in [-0.4, -0.2) is 17.6 Å². The van der Waals surface area contributed by atoms with Crippen molar-refractivity contribution in [3.63, 3.8) is 0 Å². The van der Waals surface area contributed by atoms with Gasteiger partial charge in [0.2, 0.25) is 0 Å². The van der Waals surface area contributed by atoms with Gasteiger partial charge in [-0.05, 0) is 49.1 Å². The van der Waals surface area contributed by atoms with E-state index in [2.05, 4.69) is 4.98 Å². The number of aryl methyl sites for hydroxylation is 1. The van der Waals surface area contributed by atoms with Crippen molar-refractivity contribution < 1.29 is 14.3 Å². The number of nitrogens with one attached hydrogen (secondary N) is 1. The van der Waals surface area contributed by atoms with Crippen molar-refractivity contribution in [2.24, 2.45) is 0 Å². The zero-order chi connectivity index (χ0) is 17.8. The predicted molar refractivity (Wildman–Crippen MR) is 96.0 cm³/mol. The Morgan fingerprint density at radius 1 is 1.12 bits per heavy atom. The average Bonchev–Trinajstić information content (AvgIpc) is 2.60. The highest BCUT2D eigenvalue weighted by Crippen LogP contribution is 2.20. The summed E-state index contributed by atoms with van der Waals surface area (Å²) in [7, 11) is 0. The molecule has 1 N–H and O–H groups in total. The molecule has 0 saturated heterocycles. The van der Waals surface area contributed by atoms with Gasteiger partial charge in [-0.3, -0.25) is 4.79 Å². The van der Waals surface area contributed by atoms with E-state index in [9.17, 15) is 9.59 Å². The van der Waals surface area contributed by atoms with Gasteiger partial charge in [0, 0.05) is 5.52 Å². The molecule has 0 unspecified atom stereocenters. The average molecular weight is 337 g/mol. The first-order chi connectivity index (χ1) is 12.1. The van der Waals surface area contributed by atoms with Crippen LogP contribution in [0.25, 0.3) is 10.9 Å². The number of rotatable bonds is 5. The number of H-pyrrole nitrogens is 1. The molecule has 0 bridgehead atoms. The lowest BCUT2D eigenvalue weighted by Crippen LogP contribution is -2.16. The minimum absolute atomic E-state index is 0.0988. The van der Waals surface area contributed by atoms with E-state index in [1.54, 1.807) is 30.3 Å². The molecule has 5 nitrogen and oxygen atoms in total. The van der Waals surface area contributed by atoms with Gasteiger partial charge in [-0.15, -0.1) is 0 Å². The molecule has 0 aliphatic carbocycles. The Morgan fingerprint density at radius 2 is 1.92 bits per heavy atom. The second kappa shape index (κ2) is 7.21. The SMILES string of the molecule is CCOc1ccccc1C(=O)OCc1cc2ccc(C)cc2[nH]c1=O. The maximum absolute atomic E-state index is 12.3. The van der Waals surface area contributed by atoms with Crippen LogP contribution in [0.4, 0.5) is 0 Å². The first kappa shape index (κ1) is 16.8. The summed E-state index contributed by atoms with van der Waals surface area (Å²) in [6.07, 6.45) is 0. The molecule has 3 aromatic rings. The predicted octanol–water partition coefficient (Wildman–Crippen LogP) is 3.59. The minimum atomic E-state index is -0.521. The third-order valence-corrected chi connectivity index (χ3v) is 3.84. The molecule has 0 saturated carbocycles. The molecule has 25 heavy (non-hydrogen) atoms. The van der Waals surface area contributed by atoms with Crippen LogP contribution in [0.5, 0.6) is 5.75 Å². The first-order valence-electron chi connectivity index (χ1n) is 8.10. The third kappa shape index (κ3) is 3.71. The summed E-state index contributed by atoms with van der Waals surface area (Å²) in [5, 5.41) is 0.894. The van der Waals surface area contributed by atoms with Gasteiger partial charge in [-0.1, -0.05) is 24.3 Å². The van der Waals surface area contributed by atoms with E-state index >= 15 is 0 Å². The van der Waals surface area contributed by atoms with Crippen molar-refractivity contribution in [1.29, 1.82) is 0 Å². The van der Waals surface area contributed by atoms with Crippen LogP contribution in [-0.2, 0) is 11.3 Å². The number of aromatic amines is 1. The van der Waals surface area contributed by atoms with Crippen molar-refractivity contribution in [3.05, 3.63) is 75.6 Å². The number of fused-ring (bicyclic) bond motifs is 1. The summed E-state index contributed by atoms with van der Waals surface area (Å²) in [5.41, 5.74) is 2.32. The standard InChI is InChI=1S/C20H19NO4/c1-3-24-18-7-5-4-6-16(18)20(23)25-12-15-11-14-9-8-13(2)10-17(14)21-19(15)22/h4-11H,3,12H2,1-2H3,(H,21,22). The zero-order valence-corrected chi connectivity index (χ0v) is 14.2. The molecule has 0 atom stereocenters. The monoisotopic (exact) mass is 337 g/mol. The summed E-state index contributed by atoms with van der Waals surface area (Å²) >= 11 is 0. The Hall–Kier alpha value is -3.08. The lowest BCUT2D eigenvalue weighted by molar-refractivity contribution is 0.0467. The van der Waals surface area contributed by atoms with Crippen molar-refractivity contribution in [2.45, 2.75) is 20.5 Å². The lowest BCUT2D eigenvalue weighted by Gasteiger charge is -2.10. The maximum atomic E-state index is 12.3. The van der Waals surface area contributed by atoms with Crippen LogP contribution < -0.4 is 10.3 Å². The second-order valence-electron chi connectivity index (χ2n) is 5.72. The largest absolute Gasteiger partial charge is 0.493 e. The summed E-state index contributed by atoms with van der Waals surface area (Å²) < 4.78 is 10.7. The second-order valence-corrected chi connectivity index (χ2v) is 5.72. The molecule has 3 rings (SSSR count). The highest BCUT2D eigenvalue weighted by Gasteiger charge is 2.14. The van der Waals surface area contributed by atoms with E-state index in [-0.39, 0.29) is 12.2 Å². The van der Waals surface area contributed by atoms with E-state index in [0.717, 1.165) is 16.5 Å². The molecule has 0 aliphatic heterocycles. The van der Waals surface area contributed by atoms with E-state index in [4.69, 9.17) is 9.47 Å². The van der Waals surface area contributed by atoms with Crippen molar-refractivity contribution in [1.82, 2.24) is 4.98 Å². The van der Waals surface area contributed by atoms with Crippen LogP contribution in [0, 0.1) is 6.92 Å². The van der Waals surface area contributed by atoms with Crippen LogP contribution in [0.1, 0.15) is 28.4 Å². The minimum Gasteiger partial charge on any atom is -0.493 e. The molecular formula is C20H19NO4. The highest BCUT2D eigenvalue weighted by atomic mass is 16.5. The Labute approximate surface area is 145 Å². The van der Waals surface area contributed by atoms with Gasteiger partial charge in [0.25, 0.3) is 5.56 Å². The summed E-state index contributed by atoms with van der Waals surface area (Å²) in [4.78, 5) is 27.3. The molecular weight excluding hydrogens is 318 g/mol. The maximum Gasteiger partial charge on any atom is 0.342 e. The fraction of sp³-hybridized carbons (Fsp3) is 0.200. The van der Waals surface area contributed by atoms with Gasteiger partial charge in [0.1, 0.15) is 17.9 Å². The van der Waals surface area contributed by atoms with E-state index in [1.165, 1.54) is 0 Å². The molecule has 2 aromatic carbocycles. The molecule has 128 valence electrons. The Morgan fingerprint density at radius 3 is 2.72 bits per heavy atom. The number of aromatic nitrogens is 1. The molecule has 5 heteroatoms. The molecule has 1 aromatic heterocycles. The number of carbonyl (C=O) groups is 1. The fourth-order valence-electron chi connectivity index (χ4n) is 2.60. The molecule has 0 fully saturated rings. The van der Waals surface area contributed by atoms with Gasteiger partial charge >= 0.3 is 5.97 Å². The van der Waals surface area contributed by atoms with Crippen LogP contribution in [0.3, 0.4) is 0 Å². The van der Waals surface area contributed by atoms with Crippen LogP contribution >= 0.6 is 0 Å². The van der Waals surface area contributed by atoms with Crippen LogP contribution in [0.15, 0.2) is 53.3 Å². The van der Waals surface area contributed by atoms with Crippen molar-refractivity contribution >= 4 is 16.9 Å². The first-order valence-corrected chi connectivity index (χ1v) is 8.10. The number of benzene rings is 2. The van der Waals surface area contributed by atoms with Crippen LogP contribution in [0.2, 0.25) is 0 Å². The number of hydrogen-bond donors (Lipinski definition) is 1. The normalized spacial score (nSPS) is 10.6. The molecule has 0 spiro atoms. The summed E-state index contributed by atoms with van der Waals surface area (Å²) in [6.45, 7) is 4.16. The van der Waals surface area contributed by atoms with Gasteiger partial charge < -0.3 is 14.5 Å². The molecule has 0 aliphatic rings. The highest BCUT2D eigenvalue weighted by molar-refractivity contribution is 5.92. The van der Waals surface area contributed by atoms with Gasteiger partial charge in [0.05, 0.1) is 12.2 Å². The number of para-hydroxylation sites is 1. The van der Waals surface area contributed by atoms with Gasteiger partial charge in [-0.2, -0.15) is 0 Å².